The Morgan fingerprint density at radius 2 is 0.880 bits per heavy atom. The fraction of sp³-hybridized carbons (Fsp3) is 0.500. The van der Waals surface area contributed by atoms with Gasteiger partial charge in [0.2, 0.25) is 0 Å². The monoisotopic (exact) mass is 382 g/mol. The Kier molecular flexibility index (Phi) is 19.7. The van der Waals surface area contributed by atoms with Gasteiger partial charge in [-0.15, -0.1) is 0 Å². The van der Waals surface area contributed by atoms with Gasteiger partial charge in [0.25, 0.3) is 0 Å². The molecule has 0 bridgehead atoms. The summed E-state index contributed by atoms with van der Waals surface area (Å²) >= 11 is 0. The quantitative estimate of drug-likeness (QED) is 0.720. The van der Waals surface area contributed by atoms with E-state index in [1.807, 2.05) is 64.2 Å². The molecule has 2 aliphatic carbocycles. The Morgan fingerprint density at radius 3 is 1.00 bits per heavy atom. The third-order valence-corrected chi connectivity index (χ3v) is 3.57. The van der Waals surface area contributed by atoms with Crippen molar-refractivity contribution in [3.05, 3.63) is 64.2 Å². The fourth-order valence-electron chi connectivity index (χ4n) is 2.22. The molecule has 25 heavy (non-hydrogen) atoms. The molecule has 0 aromatic rings. The first-order chi connectivity index (χ1) is 11.9. The van der Waals surface area contributed by atoms with Crippen LogP contribution in [0.2, 0.25) is 0 Å². The van der Waals surface area contributed by atoms with Gasteiger partial charge in [0.05, 0.1) is 25.4 Å². The molecule has 10 radical (unpaired) electrons. The van der Waals surface area contributed by atoms with Crippen LogP contribution in [-0.4, -0.2) is 48.8 Å². The fourth-order valence-corrected chi connectivity index (χ4v) is 2.22. The van der Waals surface area contributed by atoms with Crippen LogP contribution >= 0.6 is 0 Å². The van der Waals surface area contributed by atoms with E-state index in [4.69, 9.17) is 19.7 Å². The summed E-state index contributed by atoms with van der Waals surface area (Å²) in [6, 6.07) is 0. The summed E-state index contributed by atoms with van der Waals surface area (Å²) in [6.07, 6.45) is 24.6. The molecule has 2 aliphatic heterocycles. The topological polar surface area (TPSA) is 58.9 Å². The molecule has 4 aliphatic rings. The number of hydrogen-bond donors (Lipinski definition) is 2. The van der Waals surface area contributed by atoms with E-state index < -0.39 is 0 Å². The molecule has 4 fully saturated rings. The van der Waals surface area contributed by atoms with Crippen molar-refractivity contribution in [2.24, 2.45) is 0 Å². The second-order valence-electron chi connectivity index (χ2n) is 5.56. The summed E-state index contributed by atoms with van der Waals surface area (Å²) in [5, 5.41) is 16.9. The van der Waals surface area contributed by atoms with Crippen LogP contribution in [0.3, 0.4) is 0 Å². The number of ether oxygens (including phenoxy) is 2. The van der Waals surface area contributed by atoms with E-state index in [2.05, 4.69) is 0 Å². The minimum absolute atomic E-state index is 0. The van der Waals surface area contributed by atoms with E-state index in [0.717, 1.165) is 38.9 Å². The van der Waals surface area contributed by atoms with Gasteiger partial charge in [-0.2, -0.15) is 0 Å². The van der Waals surface area contributed by atoms with Crippen LogP contribution < -0.4 is 0 Å². The average Bonchev–Trinajstić information content (AvgIpc) is 3.46. The van der Waals surface area contributed by atoms with Gasteiger partial charge in [0.15, 0.2) is 0 Å². The summed E-state index contributed by atoms with van der Waals surface area (Å²) in [6.45, 7) is 2.07. The molecule has 2 unspecified atom stereocenters. The van der Waals surface area contributed by atoms with Crippen LogP contribution in [0.5, 0.6) is 0 Å². The number of rotatable bonds is 2. The Balaban J connectivity index is 0.000000307. The summed E-state index contributed by atoms with van der Waals surface area (Å²) < 4.78 is 10.1. The van der Waals surface area contributed by atoms with Crippen molar-refractivity contribution in [1.82, 2.24) is 0 Å². The maximum absolute atomic E-state index is 8.44. The van der Waals surface area contributed by atoms with Crippen molar-refractivity contribution in [1.29, 1.82) is 0 Å². The molecule has 136 valence electrons. The van der Waals surface area contributed by atoms with Crippen molar-refractivity contribution < 1.29 is 41.4 Å². The second-order valence-corrected chi connectivity index (χ2v) is 5.56. The summed E-state index contributed by atoms with van der Waals surface area (Å²) in [5.74, 6) is 0. The van der Waals surface area contributed by atoms with Gasteiger partial charge in [0.1, 0.15) is 0 Å². The van der Waals surface area contributed by atoms with Gasteiger partial charge in [0, 0.05) is 13.2 Å². The first-order valence-corrected chi connectivity index (χ1v) is 8.65. The first kappa shape index (κ1) is 25.6. The molecular formula is C20H30O4Ti+2. The normalized spacial score (nSPS) is 27.1. The van der Waals surface area contributed by atoms with Gasteiger partial charge in [-0.05, 0) is 89.9 Å². The van der Waals surface area contributed by atoms with Crippen molar-refractivity contribution >= 4 is 0 Å². The zero-order valence-electron chi connectivity index (χ0n) is 14.8. The maximum Gasteiger partial charge on any atom is 2.00 e. The summed E-state index contributed by atoms with van der Waals surface area (Å²) in [5.41, 5.74) is 0. The second kappa shape index (κ2) is 19.3. The van der Waals surface area contributed by atoms with Crippen LogP contribution in [0, 0.1) is 64.2 Å². The Bertz CT molecular complexity index is 205. The molecular weight excluding hydrogens is 352 g/mol. The number of hydrogen-bond acceptors (Lipinski definition) is 4. The van der Waals surface area contributed by atoms with E-state index in [1.165, 1.54) is 0 Å². The molecule has 4 rings (SSSR count). The molecule has 2 atom stereocenters. The van der Waals surface area contributed by atoms with Crippen LogP contribution in [0.15, 0.2) is 0 Å². The third kappa shape index (κ3) is 15.3. The van der Waals surface area contributed by atoms with Crippen molar-refractivity contribution in [2.75, 3.05) is 26.4 Å². The Hall–Kier alpha value is 0.554. The van der Waals surface area contributed by atoms with Crippen LogP contribution in [0.25, 0.3) is 0 Å². The van der Waals surface area contributed by atoms with Crippen LogP contribution in [0.1, 0.15) is 25.7 Å². The minimum Gasteiger partial charge on any atom is -0.394 e. The molecule has 2 heterocycles. The summed E-state index contributed by atoms with van der Waals surface area (Å²) in [7, 11) is 0. The Labute approximate surface area is 169 Å². The smallest absolute Gasteiger partial charge is 0.394 e. The largest absolute Gasteiger partial charge is 2.00 e. The standard InChI is InChI=1S/2C5H10O2.2C5H5.Ti/c2*6-4-5-2-1-3-7-5;2*1-2-4-5-3-1;/h2*5-6H,1-4H2;2*1-5H;/q;;;;+2. The van der Waals surface area contributed by atoms with E-state index in [9.17, 15) is 0 Å². The van der Waals surface area contributed by atoms with Crippen molar-refractivity contribution in [2.45, 2.75) is 37.9 Å². The van der Waals surface area contributed by atoms with Crippen LogP contribution in [-0.2, 0) is 31.2 Å². The van der Waals surface area contributed by atoms with Gasteiger partial charge in [-0.1, -0.05) is 0 Å². The third-order valence-electron chi connectivity index (χ3n) is 3.57. The molecule has 2 N–H and O–H groups in total. The molecule has 2 saturated heterocycles. The Morgan fingerprint density at radius 1 is 0.600 bits per heavy atom. The first-order valence-electron chi connectivity index (χ1n) is 8.65. The van der Waals surface area contributed by atoms with Gasteiger partial charge < -0.3 is 19.7 Å². The zero-order valence-corrected chi connectivity index (χ0v) is 16.4. The molecule has 4 nitrogen and oxygen atoms in total. The molecule has 0 amide bonds. The molecule has 0 aromatic carbocycles. The predicted molar refractivity (Wildman–Crippen MR) is 95.1 cm³/mol. The number of aliphatic hydroxyl groups is 2. The number of aliphatic hydroxyl groups excluding tert-OH is 2. The van der Waals surface area contributed by atoms with E-state index in [0.29, 0.717) is 0 Å². The molecule has 0 spiro atoms. The SMILES string of the molecule is OCC1CCCO1.OCC1CCCO1.[CH]1[CH][CH][CH][CH]1.[CH]1[CH][CH][CH][CH]1.[Ti+2]. The predicted octanol–water partition coefficient (Wildman–Crippen LogP) is 2.36. The van der Waals surface area contributed by atoms with Gasteiger partial charge in [-0.25, -0.2) is 0 Å². The van der Waals surface area contributed by atoms with Crippen LogP contribution in [0.4, 0.5) is 0 Å². The average molecular weight is 382 g/mol. The van der Waals surface area contributed by atoms with Crippen molar-refractivity contribution in [3.63, 3.8) is 0 Å². The molecule has 2 saturated carbocycles. The van der Waals surface area contributed by atoms with Crippen molar-refractivity contribution in [3.8, 4) is 0 Å². The van der Waals surface area contributed by atoms with Gasteiger partial charge in [-0.3, -0.25) is 0 Å². The molecule has 0 aromatic heterocycles. The zero-order chi connectivity index (χ0) is 17.3. The van der Waals surface area contributed by atoms with Gasteiger partial charge >= 0.3 is 21.7 Å². The minimum atomic E-state index is 0. The van der Waals surface area contributed by atoms with E-state index in [-0.39, 0.29) is 47.1 Å². The van der Waals surface area contributed by atoms with E-state index in [1.54, 1.807) is 0 Å². The molecule has 5 heteroatoms. The summed E-state index contributed by atoms with van der Waals surface area (Å²) in [4.78, 5) is 0. The van der Waals surface area contributed by atoms with E-state index >= 15 is 0 Å². The maximum atomic E-state index is 8.44.